The fourth-order valence-electron chi connectivity index (χ4n) is 2.28. The second-order valence-corrected chi connectivity index (χ2v) is 8.32. The molecule has 140 valence electrons. The van der Waals surface area contributed by atoms with Crippen molar-refractivity contribution in [3.05, 3.63) is 71.0 Å². The van der Waals surface area contributed by atoms with Crippen LogP contribution in [0, 0.1) is 12.7 Å². The molecule has 1 heterocycles. The Morgan fingerprint density at radius 1 is 1.11 bits per heavy atom. The molecule has 0 aliphatic heterocycles. The molecule has 1 aromatic heterocycles. The summed E-state index contributed by atoms with van der Waals surface area (Å²) in [5, 5.41) is 5.10. The highest BCUT2D eigenvalue weighted by Crippen LogP contribution is 2.18. The van der Waals surface area contributed by atoms with E-state index >= 15 is 0 Å². The third kappa shape index (κ3) is 5.11. The molecule has 2 aromatic carbocycles. The molecule has 0 spiro atoms. The molecular formula is C18H16FN3O3S2. The minimum Gasteiger partial charge on any atom is -0.302 e. The molecule has 27 heavy (non-hydrogen) atoms. The number of halogens is 1. The van der Waals surface area contributed by atoms with Gasteiger partial charge in [-0.05, 0) is 48.9 Å². The second-order valence-electron chi connectivity index (χ2n) is 5.78. The van der Waals surface area contributed by atoms with Gasteiger partial charge in [-0.15, -0.1) is 11.3 Å². The lowest BCUT2D eigenvalue weighted by Gasteiger charge is -2.09. The Morgan fingerprint density at radius 3 is 2.37 bits per heavy atom. The number of carbonyl (C=O) groups excluding carboxylic acids is 1. The summed E-state index contributed by atoms with van der Waals surface area (Å²) < 4.78 is 39.9. The number of anilines is 2. The average Bonchev–Trinajstić information content (AvgIpc) is 3.01. The number of benzene rings is 2. The van der Waals surface area contributed by atoms with Gasteiger partial charge in [-0.1, -0.05) is 12.1 Å². The maximum atomic E-state index is 12.9. The van der Waals surface area contributed by atoms with E-state index in [9.17, 15) is 17.6 Å². The van der Waals surface area contributed by atoms with Crippen molar-refractivity contribution < 1.29 is 17.6 Å². The minimum atomic E-state index is -3.81. The van der Waals surface area contributed by atoms with Crippen LogP contribution in [0.25, 0.3) is 0 Å². The fourth-order valence-corrected chi connectivity index (χ4v) is 4.04. The number of hydrogen-bond donors (Lipinski definition) is 2. The lowest BCUT2D eigenvalue weighted by atomic mass is 10.1. The number of carbonyl (C=O) groups is 1. The Balaban J connectivity index is 1.63. The third-order valence-electron chi connectivity index (χ3n) is 3.56. The van der Waals surface area contributed by atoms with Gasteiger partial charge in [0.05, 0.1) is 17.0 Å². The van der Waals surface area contributed by atoms with Crippen LogP contribution in [0.15, 0.2) is 58.8 Å². The van der Waals surface area contributed by atoms with Gasteiger partial charge < -0.3 is 5.32 Å². The number of rotatable bonds is 6. The van der Waals surface area contributed by atoms with Crippen molar-refractivity contribution in [2.24, 2.45) is 0 Å². The summed E-state index contributed by atoms with van der Waals surface area (Å²) in [4.78, 5) is 16.2. The smallest absolute Gasteiger partial charge is 0.261 e. The van der Waals surface area contributed by atoms with E-state index in [0.717, 1.165) is 23.4 Å². The van der Waals surface area contributed by atoms with Crippen molar-refractivity contribution in [1.82, 2.24) is 4.98 Å². The fraction of sp³-hybridized carbons (Fsp3) is 0.111. The normalized spacial score (nSPS) is 11.2. The molecule has 0 bridgehead atoms. The number of aromatic nitrogens is 1. The zero-order valence-corrected chi connectivity index (χ0v) is 15.9. The van der Waals surface area contributed by atoms with E-state index in [0.29, 0.717) is 10.8 Å². The summed E-state index contributed by atoms with van der Waals surface area (Å²) in [5.41, 5.74) is 1.91. The highest BCUT2D eigenvalue weighted by atomic mass is 32.2. The first kappa shape index (κ1) is 19.0. The number of aryl methyl sites for hydroxylation is 1. The van der Waals surface area contributed by atoms with Gasteiger partial charge in [0, 0.05) is 11.1 Å². The molecule has 6 nitrogen and oxygen atoms in total. The monoisotopic (exact) mass is 405 g/mol. The third-order valence-corrected chi connectivity index (χ3v) is 5.83. The minimum absolute atomic E-state index is 0.0360. The van der Waals surface area contributed by atoms with E-state index in [1.807, 2.05) is 12.3 Å². The van der Waals surface area contributed by atoms with Gasteiger partial charge in [-0.2, -0.15) is 0 Å². The van der Waals surface area contributed by atoms with Crippen LogP contribution in [-0.4, -0.2) is 19.3 Å². The van der Waals surface area contributed by atoms with Crippen molar-refractivity contribution in [3.63, 3.8) is 0 Å². The van der Waals surface area contributed by atoms with Crippen LogP contribution >= 0.6 is 11.3 Å². The first-order chi connectivity index (χ1) is 12.8. The van der Waals surface area contributed by atoms with Crippen LogP contribution in [0.5, 0.6) is 0 Å². The Kier molecular flexibility index (Phi) is 5.52. The lowest BCUT2D eigenvalue weighted by Crippen LogP contribution is -2.15. The predicted molar refractivity (Wildman–Crippen MR) is 103 cm³/mol. The summed E-state index contributed by atoms with van der Waals surface area (Å²) in [6, 6.07) is 11.0. The Labute approximate surface area is 160 Å². The number of nitrogens with one attached hydrogen (secondary N) is 2. The summed E-state index contributed by atoms with van der Waals surface area (Å²) in [5.74, 6) is -0.714. The van der Waals surface area contributed by atoms with Gasteiger partial charge in [-0.25, -0.2) is 17.8 Å². The topological polar surface area (TPSA) is 88.2 Å². The quantitative estimate of drug-likeness (QED) is 0.656. The summed E-state index contributed by atoms with van der Waals surface area (Å²) in [6.45, 7) is 1.85. The van der Waals surface area contributed by atoms with Gasteiger partial charge >= 0.3 is 0 Å². The summed E-state index contributed by atoms with van der Waals surface area (Å²) >= 11 is 1.35. The van der Waals surface area contributed by atoms with Crippen LogP contribution in [0.3, 0.4) is 0 Å². The Morgan fingerprint density at radius 2 is 1.78 bits per heavy atom. The molecule has 9 heteroatoms. The molecule has 3 aromatic rings. The Bertz CT molecular complexity index is 1050. The molecule has 1 amide bonds. The van der Waals surface area contributed by atoms with E-state index in [1.165, 1.54) is 23.5 Å². The molecule has 0 fully saturated rings. The second kappa shape index (κ2) is 7.85. The van der Waals surface area contributed by atoms with Crippen molar-refractivity contribution >= 4 is 38.1 Å². The molecule has 0 atom stereocenters. The maximum absolute atomic E-state index is 12.9. The molecule has 0 saturated carbocycles. The summed E-state index contributed by atoms with van der Waals surface area (Å²) in [7, 11) is -3.81. The van der Waals surface area contributed by atoms with Crippen LogP contribution in [-0.2, 0) is 21.2 Å². The summed E-state index contributed by atoms with van der Waals surface area (Å²) in [6.07, 6.45) is 0.142. The maximum Gasteiger partial charge on any atom is 0.261 e. The number of amides is 1. The molecule has 0 aliphatic carbocycles. The van der Waals surface area contributed by atoms with Crippen molar-refractivity contribution in [2.45, 2.75) is 18.2 Å². The average molecular weight is 405 g/mol. The first-order valence-corrected chi connectivity index (χ1v) is 10.3. The standard InChI is InChI=1S/C18H16FN3O3S2/c1-12-11-26-18(20-12)21-17(23)10-13-2-6-15(7-3-13)22-27(24,25)16-8-4-14(19)5-9-16/h2-9,11,22H,10H2,1H3,(H,20,21,23). The van der Waals surface area contributed by atoms with Crippen LogP contribution in [0.2, 0.25) is 0 Å². The Hall–Kier alpha value is -2.78. The van der Waals surface area contributed by atoms with Crippen molar-refractivity contribution in [1.29, 1.82) is 0 Å². The molecule has 0 unspecified atom stereocenters. The van der Waals surface area contributed by atoms with E-state index < -0.39 is 15.8 Å². The molecule has 0 radical (unpaired) electrons. The van der Waals surface area contributed by atoms with Gasteiger partial charge in [0.15, 0.2) is 5.13 Å². The number of nitrogens with zero attached hydrogens (tertiary/aromatic N) is 1. The SMILES string of the molecule is Cc1csc(NC(=O)Cc2ccc(NS(=O)(=O)c3ccc(F)cc3)cc2)n1. The largest absolute Gasteiger partial charge is 0.302 e. The highest BCUT2D eigenvalue weighted by Gasteiger charge is 2.14. The highest BCUT2D eigenvalue weighted by molar-refractivity contribution is 7.92. The zero-order valence-electron chi connectivity index (χ0n) is 14.3. The number of hydrogen-bond acceptors (Lipinski definition) is 5. The van der Waals surface area contributed by atoms with Crippen LogP contribution < -0.4 is 10.0 Å². The number of sulfonamides is 1. The zero-order chi connectivity index (χ0) is 19.4. The first-order valence-electron chi connectivity index (χ1n) is 7.91. The van der Waals surface area contributed by atoms with Gasteiger partial charge in [0.25, 0.3) is 10.0 Å². The van der Waals surface area contributed by atoms with E-state index in [1.54, 1.807) is 24.3 Å². The van der Waals surface area contributed by atoms with Crippen molar-refractivity contribution in [2.75, 3.05) is 10.0 Å². The van der Waals surface area contributed by atoms with Gasteiger partial charge in [-0.3, -0.25) is 9.52 Å². The predicted octanol–water partition coefficient (Wildman–Crippen LogP) is 3.57. The van der Waals surface area contributed by atoms with Gasteiger partial charge in [0.1, 0.15) is 5.82 Å². The van der Waals surface area contributed by atoms with E-state index in [4.69, 9.17) is 0 Å². The molecule has 3 rings (SSSR count). The van der Waals surface area contributed by atoms with Crippen molar-refractivity contribution in [3.8, 4) is 0 Å². The molecule has 2 N–H and O–H groups in total. The molecule has 0 aliphatic rings. The number of thiazole rings is 1. The van der Waals surface area contributed by atoms with Gasteiger partial charge in [0.2, 0.25) is 5.91 Å². The van der Waals surface area contributed by atoms with Crippen LogP contribution in [0.1, 0.15) is 11.3 Å². The lowest BCUT2D eigenvalue weighted by molar-refractivity contribution is -0.115. The molecular weight excluding hydrogens is 389 g/mol. The van der Waals surface area contributed by atoms with E-state index in [2.05, 4.69) is 15.0 Å². The van der Waals surface area contributed by atoms with E-state index in [-0.39, 0.29) is 17.2 Å². The van der Waals surface area contributed by atoms with Crippen LogP contribution in [0.4, 0.5) is 15.2 Å². The molecule has 0 saturated heterocycles.